The molecule has 122 valence electrons. The van der Waals surface area contributed by atoms with Crippen LogP contribution in [0.25, 0.3) is 10.9 Å². The predicted molar refractivity (Wildman–Crippen MR) is 86.9 cm³/mol. The molecule has 5 nitrogen and oxygen atoms in total. The number of carbonyl (C=O) groups excluding carboxylic acids is 1. The van der Waals surface area contributed by atoms with Gasteiger partial charge in [-0.15, -0.1) is 0 Å². The van der Waals surface area contributed by atoms with Crippen LogP contribution in [0.15, 0.2) is 29.1 Å². The van der Waals surface area contributed by atoms with Crippen molar-refractivity contribution in [2.75, 3.05) is 33.2 Å². The van der Waals surface area contributed by atoms with E-state index in [0.29, 0.717) is 23.9 Å². The first-order valence-corrected chi connectivity index (χ1v) is 7.81. The van der Waals surface area contributed by atoms with Crippen molar-refractivity contribution in [2.45, 2.75) is 12.8 Å². The fourth-order valence-electron chi connectivity index (χ4n) is 2.86. The van der Waals surface area contributed by atoms with E-state index in [0.717, 1.165) is 31.6 Å². The Morgan fingerprint density at radius 1 is 1.22 bits per heavy atom. The monoisotopic (exact) mass is 317 g/mol. The second kappa shape index (κ2) is 6.50. The van der Waals surface area contributed by atoms with Gasteiger partial charge in [0.1, 0.15) is 5.82 Å². The molecule has 0 saturated carbocycles. The lowest BCUT2D eigenvalue weighted by Crippen LogP contribution is -2.47. The van der Waals surface area contributed by atoms with E-state index >= 15 is 0 Å². The van der Waals surface area contributed by atoms with Gasteiger partial charge in [0.15, 0.2) is 0 Å². The molecule has 1 saturated heterocycles. The second-order valence-electron chi connectivity index (χ2n) is 6.04. The third kappa shape index (κ3) is 3.59. The van der Waals surface area contributed by atoms with Crippen LogP contribution in [0.4, 0.5) is 4.39 Å². The Labute approximate surface area is 133 Å². The number of nitrogens with zero attached hydrogens (tertiary/aromatic N) is 2. The fourth-order valence-corrected chi connectivity index (χ4v) is 2.86. The number of hydrogen-bond acceptors (Lipinski definition) is 3. The Kier molecular flexibility index (Phi) is 4.43. The molecule has 6 heteroatoms. The summed E-state index contributed by atoms with van der Waals surface area (Å²) in [6.07, 6.45) is 0.716. The Bertz CT molecular complexity index is 779. The summed E-state index contributed by atoms with van der Waals surface area (Å²) >= 11 is 0. The molecular formula is C17H20FN3O2. The molecule has 0 atom stereocenters. The van der Waals surface area contributed by atoms with Gasteiger partial charge in [-0.05, 0) is 43.1 Å². The maximum absolute atomic E-state index is 13.2. The van der Waals surface area contributed by atoms with E-state index in [9.17, 15) is 14.0 Å². The minimum absolute atomic E-state index is 0.0803. The largest absolute Gasteiger partial charge is 0.340 e. The Morgan fingerprint density at radius 3 is 2.70 bits per heavy atom. The van der Waals surface area contributed by atoms with Crippen molar-refractivity contribution in [3.8, 4) is 0 Å². The van der Waals surface area contributed by atoms with Crippen molar-refractivity contribution in [1.82, 2.24) is 14.8 Å². The van der Waals surface area contributed by atoms with Gasteiger partial charge in [0.05, 0.1) is 5.52 Å². The standard InChI is InChI=1S/C17H20FN3O2/c1-20-6-8-21(9-7-20)16(22)5-3-13-10-12-2-4-14(18)11-15(12)19-17(13)23/h2,4,10-11H,3,5-9H2,1H3,(H,19,23). The van der Waals surface area contributed by atoms with Gasteiger partial charge in [-0.3, -0.25) is 9.59 Å². The van der Waals surface area contributed by atoms with Crippen LogP contribution in [0.3, 0.4) is 0 Å². The van der Waals surface area contributed by atoms with Crippen molar-refractivity contribution in [3.05, 3.63) is 46.0 Å². The minimum Gasteiger partial charge on any atom is -0.340 e. The number of aromatic amines is 1. The highest BCUT2D eigenvalue weighted by molar-refractivity contribution is 5.79. The molecule has 1 aliphatic rings. The zero-order valence-corrected chi connectivity index (χ0v) is 13.1. The van der Waals surface area contributed by atoms with Crippen molar-refractivity contribution in [1.29, 1.82) is 0 Å². The number of rotatable bonds is 3. The van der Waals surface area contributed by atoms with Gasteiger partial charge >= 0.3 is 0 Å². The number of fused-ring (bicyclic) bond motifs is 1. The zero-order chi connectivity index (χ0) is 16.4. The first-order chi connectivity index (χ1) is 11.0. The van der Waals surface area contributed by atoms with Crippen LogP contribution in [0.2, 0.25) is 0 Å². The van der Waals surface area contributed by atoms with Crippen LogP contribution in [-0.4, -0.2) is 53.9 Å². The van der Waals surface area contributed by atoms with Gasteiger partial charge in [0.2, 0.25) is 5.91 Å². The van der Waals surface area contributed by atoms with Gasteiger partial charge in [0.25, 0.3) is 5.56 Å². The van der Waals surface area contributed by atoms with Crippen LogP contribution < -0.4 is 5.56 Å². The normalized spacial score (nSPS) is 16.0. The molecule has 23 heavy (non-hydrogen) atoms. The van der Waals surface area contributed by atoms with Crippen LogP contribution >= 0.6 is 0 Å². The summed E-state index contributed by atoms with van der Waals surface area (Å²) in [5.74, 6) is -0.303. The number of aryl methyl sites for hydroxylation is 1. The number of aromatic nitrogens is 1. The SMILES string of the molecule is CN1CCN(C(=O)CCc2cc3ccc(F)cc3[nH]c2=O)CC1. The highest BCUT2D eigenvalue weighted by Crippen LogP contribution is 2.14. The summed E-state index contributed by atoms with van der Waals surface area (Å²) in [4.78, 5) is 31.0. The summed E-state index contributed by atoms with van der Waals surface area (Å²) in [5.41, 5.74) is 0.782. The van der Waals surface area contributed by atoms with Gasteiger partial charge < -0.3 is 14.8 Å². The van der Waals surface area contributed by atoms with E-state index < -0.39 is 0 Å². The average Bonchev–Trinajstić information content (AvgIpc) is 2.53. The molecule has 3 rings (SSSR count). The van der Waals surface area contributed by atoms with Crippen molar-refractivity contribution in [3.63, 3.8) is 0 Å². The predicted octanol–water partition coefficient (Wildman–Crippen LogP) is 1.37. The Balaban J connectivity index is 1.69. The molecule has 1 aromatic heterocycles. The van der Waals surface area contributed by atoms with E-state index in [2.05, 4.69) is 9.88 Å². The van der Waals surface area contributed by atoms with E-state index in [1.54, 1.807) is 12.1 Å². The lowest BCUT2D eigenvalue weighted by Gasteiger charge is -2.32. The second-order valence-corrected chi connectivity index (χ2v) is 6.04. The molecule has 1 fully saturated rings. The number of pyridine rings is 1. The summed E-state index contributed by atoms with van der Waals surface area (Å²) in [5, 5.41) is 0.771. The van der Waals surface area contributed by atoms with Crippen molar-refractivity contribution < 1.29 is 9.18 Å². The molecule has 0 unspecified atom stereocenters. The van der Waals surface area contributed by atoms with E-state index in [4.69, 9.17) is 0 Å². The molecule has 0 aliphatic carbocycles. The van der Waals surface area contributed by atoms with Gasteiger partial charge in [-0.25, -0.2) is 4.39 Å². The van der Waals surface area contributed by atoms with Gasteiger partial charge in [-0.1, -0.05) is 0 Å². The molecule has 1 amide bonds. The number of hydrogen-bond donors (Lipinski definition) is 1. The first-order valence-electron chi connectivity index (χ1n) is 7.81. The van der Waals surface area contributed by atoms with E-state index in [1.807, 2.05) is 11.9 Å². The Morgan fingerprint density at radius 2 is 1.96 bits per heavy atom. The molecular weight excluding hydrogens is 297 g/mol. The number of amides is 1. The quantitative estimate of drug-likeness (QED) is 0.930. The maximum atomic E-state index is 13.2. The third-order valence-electron chi connectivity index (χ3n) is 4.35. The number of likely N-dealkylation sites (N-methyl/N-ethyl adjacent to an activating group) is 1. The summed E-state index contributed by atoms with van der Waals surface area (Å²) < 4.78 is 13.2. The van der Waals surface area contributed by atoms with Crippen molar-refractivity contribution in [2.24, 2.45) is 0 Å². The number of nitrogens with one attached hydrogen (secondary N) is 1. The molecule has 1 N–H and O–H groups in total. The molecule has 0 bridgehead atoms. The molecule has 2 aromatic rings. The number of H-pyrrole nitrogens is 1. The molecule has 0 radical (unpaired) electrons. The van der Waals surface area contributed by atoms with Gasteiger partial charge in [0, 0.05) is 38.2 Å². The number of carbonyl (C=O) groups is 1. The number of piperazine rings is 1. The number of halogens is 1. The van der Waals surface area contributed by atoms with E-state index in [-0.39, 0.29) is 17.3 Å². The van der Waals surface area contributed by atoms with Crippen LogP contribution in [0, 0.1) is 5.82 Å². The molecule has 0 spiro atoms. The Hall–Kier alpha value is -2.21. The summed E-state index contributed by atoms with van der Waals surface area (Å²) in [6.45, 7) is 3.24. The van der Waals surface area contributed by atoms with Crippen LogP contribution in [0.1, 0.15) is 12.0 Å². The number of benzene rings is 1. The zero-order valence-electron chi connectivity index (χ0n) is 13.1. The maximum Gasteiger partial charge on any atom is 0.251 e. The van der Waals surface area contributed by atoms with Crippen LogP contribution in [0.5, 0.6) is 0 Å². The third-order valence-corrected chi connectivity index (χ3v) is 4.35. The summed E-state index contributed by atoms with van der Waals surface area (Å²) in [7, 11) is 2.04. The fraction of sp³-hybridized carbons (Fsp3) is 0.412. The first kappa shape index (κ1) is 15.7. The lowest BCUT2D eigenvalue weighted by molar-refractivity contribution is -0.132. The molecule has 1 aromatic carbocycles. The van der Waals surface area contributed by atoms with Crippen LogP contribution in [-0.2, 0) is 11.2 Å². The van der Waals surface area contributed by atoms with Gasteiger partial charge in [-0.2, -0.15) is 0 Å². The highest BCUT2D eigenvalue weighted by atomic mass is 19.1. The average molecular weight is 317 g/mol. The molecule has 1 aliphatic heterocycles. The minimum atomic E-state index is -0.383. The summed E-state index contributed by atoms with van der Waals surface area (Å²) in [6, 6.07) is 6.03. The van der Waals surface area contributed by atoms with Crippen molar-refractivity contribution >= 4 is 16.8 Å². The molecule has 2 heterocycles. The van der Waals surface area contributed by atoms with E-state index in [1.165, 1.54) is 12.1 Å². The smallest absolute Gasteiger partial charge is 0.251 e. The lowest BCUT2D eigenvalue weighted by atomic mass is 10.1. The highest BCUT2D eigenvalue weighted by Gasteiger charge is 2.19. The topological polar surface area (TPSA) is 56.4 Å².